The molecule has 1 N–H and O–H groups in total. The molecule has 0 radical (unpaired) electrons. The molecule has 0 aromatic rings. The van der Waals surface area contributed by atoms with Gasteiger partial charge in [-0.3, -0.25) is 0 Å². The van der Waals surface area contributed by atoms with Crippen molar-refractivity contribution in [3.05, 3.63) is 0 Å². The van der Waals surface area contributed by atoms with Crippen molar-refractivity contribution >= 4 is 10.1 Å². The first-order chi connectivity index (χ1) is 8.91. The average Bonchev–Trinajstić information content (AvgIpc) is 2.34. The molecule has 0 aliphatic carbocycles. The zero-order valence-electron chi connectivity index (χ0n) is 13.3. The Morgan fingerprint density at radius 2 is 1.50 bits per heavy atom. The van der Waals surface area contributed by atoms with E-state index in [9.17, 15) is 18.1 Å². The van der Waals surface area contributed by atoms with E-state index in [0.717, 1.165) is 19.3 Å². The molecule has 2 unspecified atom stereocenters. The fourth-order valence-electron chi connectivity index (χ4n) is 2.18. The van der Waals surface area contributed by atoms with Crippen LogP contribution in [0, 0.1) is 0 Å². The van der Waals surface area contributed by atoms with Crippen molar-refractivity contribution in [2.24, 2.45) is 0 Å². The first-order valence-corrected chi connectivity index (χ1v) is 9.01. The molecule has 0 saturated heterocycles. The standard InChI is InChI=1S/C14H30O4S.K/c1-3-5-6-7-8-9-10-11-14(19(16,17)18)12-13(15)4-2;/h13-15H,3-12H2,1-2H3,(H,16,17,18);/q;+1/p-1. The molecule has 4 nitrogen and oxygen atoms in total. The van der Waals surface area contributed by atoms with Gasteiger partial charge in [0.05, 0.1) is 21.5 Å². The van der Waals surface area contributed by atoms with Gasteiger partial charge in [-0.05, 0) is 19.3 Å². The van der Waals surface area contributed by atoms with Gasteiger partial charge in [0, 0.05) is 0 Å². The van der Waals surface area contributed by atoms with Gasteiger partial charge in [0.15, 0.2) is 0 Å². The average molecular weight is 333 g/mol. The molecule has 0 aliphatic heterocycles. The van der Waals surface area contributed by atoms with Crippen LogP contribution in [-0.2, 0) is 10.1 Å². The van der Waals surface area contributed by atoms with E-state index < -0.39 is 21.5 Å². The molecule has 6 heteroatoms. The maximum Gasteiger partial charge on any atom is 1.00 e. The molecule has 0 bridgehead atoms. The Balaban J connectivity index is 0. The molecule has 0 rings (SSSR count). The fourth-order valence-corrected chi connectivity index (χ4v) is 3.09. The number of rotatable bonds is 12. The van der Waals surface area contributed by atoms with E-state index in [2.05, 4.69) is 6.92 Å². The molecule has 20 heavy (non-hydrogen) atoms. The summed E-state index contributed by atoms with van der Waals surface area (Å²) in [4.78, 5) is 0. The monoisotopic (exact) mass is 332 g/mol. The Bertz CT molecular complexity index is 306. The summed E-state index contributed by atoms with van der Waals surface area (Å²) >= 11 is 0. The number of unbranched alkanes of at least 4 members (excludes halogenated alkanes) is 6. The minimum Gasteiger partial charge on any atom is -0.748 e. The van der Waals surface area contributed by atoms with E-state index in [1.807, 2.05) is 0 Å². The van der Waals surface area contributed by atoms with E-state index in [4.69, 9.17) is 0 Å². The molecule has 0 saturated carbocycles. The van der Waals surface area contributed by atoms with Gasteiger partial charge in [-0.1, -0.05) is 58.8 Å². The summed E-state index contributed by atoms with van der Waals surface area (Å²) in [5.41, 5.74) is 0. The predicted octanol–water partition coefficient (Wildman–Crippen LogP) is 0.206. The van der Waals surface area contributed by atoms with Gasteiger partial charge in [0.2, 0.25) is 0 Å². The van der Waals surface area contributed by atoms with E-state index >= 15 is 0 Å². The summed E-state index contributed by atoms with van der Waals surface area (Å²) in [6, 6.07) is 0. The number of aliphatic hydroxyl groups excluding tert-OH is 1. The zero-order valence-corrected chi connectivity index (χ0v) is 17.2. The van der Waals surface area contributed by atoms with Crippen LogP contribution in [0.5, 0.6) is 0 Å². The molecule has 0 heterocycles. The van der Waals surface area contributed by atoms with Crippen molar-refractivity contribution in [3.63, 3.8) is 0 Å². The van der Waals surface area contributed by atoms with Crippen molar-refractivity contribution in [1.29, 1.82) is 0 Å². The molecule has 2 atom stereocenters. The van der Waals surface area contributed by atoms with Crippen LogP contribution in [0.3, 0.4) is 0 Å². The van der Waals surface area contributed by atoms with Gasteiger partial charge in [-0.25, -0.2) is 8.42 Å². The second-order valence-electron chi connectivity index (χ2n) is 5.32. The van der Waals surface area contributed by atoms with Crippen molar-refractivity contribution in [2.75, 3.05) is 0 Å². The van der Waals surface area contributed by atoms with Gasteiger partial charge in [0.25, 0.3) is 0 Å². The van der Waals surface area contributed by atoms with E-state index in [0.29, 0.717) is 12.8 Å². The smallest absolute Gasteiger partial charge is 0.748 e. The Morgan fingerprint density at radius 3 is 1.95 bits per heavy atom. The van der Waals surface area contributed by atoms with Gasteiger partial charge < -0.3 is 9.66 Å². The predicted molar refractivity (Wildman–Crippen MR) is 77.0 cm³/mol. The van der Waals surface area contributed by atoms with Gasteiger partial charge in [-0.2, -0.15) is 0 Å². The van der Waals surface area contributed by atoms with Crippen molar-refractivity contribution in [3.8, 4) is 0 Å². The number of hydrogen-bond donors (Lipinski definition) is 1. The number of hydrogen-bond acceptors (Lipinski definition) is 4. The van der Waals surface area contributed by atoms with Crippen molar-refractivity contribution in [1.82, 2.24) is 0 Å². The summed E-state index contributed by atoms with van der Waals surface area (Å²) < 4.78 is 33.4. The van der Waals surface area contributed by atoms with E-state index in [1.54, 1.807) is 6.92 Å². The van der Waals surface area contributed by atoms with Crippen LogP contribution in [0.25, 0.3) is 0 Å². The minimum atomic E-state index is -4.28. The Labute approximate surface area is 167 Å². The molecule has 116 valence electrons. The molecule has 0 spiro atoms. The van der Waals surface area contributed by atoms with E-state index in [1.165, 1.54) is 25.7 Å². The summed E-state index contributed by atoms with van der Waals surface area (Å²) in [5, 5.41) is 8.57. The molecule has 0 aromatic carbocycles. The third-order valence-electron chi connectivity index (χ3n) is 3.54. The molecule has 0 aliphatic rings. The zero-order chi connectivity index (χ0) is 14.7. The van der Waals surface area contributed by atoms with Gasteiger partial charge >= 0.3 is 51.4 Å². The molecule has 0 amide bonds. The minimum absolute atomic E-state index is 0. The van der Waals surface area contributed by atoms with Gasteiger partial charge in [0.1, 0.15) is 0 Å². The quantitative estimate of drug-likeness (QED) is 0.315. The molecular formula is C14H29KO4S. The van der Waals surface area contributed by atoms with Gasteiger partial charge in [-0.15, -0.1) is 0 Å². The van der Waals surface area contributed by atoms with Crippen LogP contribution in [-0.4, -0.2) is 29.4 Å². The fraction of sp³-hybridized carbons (Fsp3) is 1.00. The normalized spacial score (nSPS) is 14.6. The van der Waals surface area contributed by atoms with Crippen LogP contribution in [0.15, 0.2) is 0 Å². The van der Waals surface area contributed by atoms with Crippen LogP contribution in [0.4, 0.5) is 0 Å². The van der Waals surface area contributed by atoms with Crippen molar-refractivity contribution in [2.45, 2.75) is 89.4 Å². The van der Waals surface area contributed by atoms with Crippen LogP contribution < -0.4 is 51.4 Å². The van der Waals surface area contributed by atoms with Crippen LogP contribution >= 0.6 is 0 Å². The Morgan fingerprint density at radius 1 is 1.00 bits per heavy atom. The van der Waals surface area contributed by atoms with Crippen LogP contribution in [0.1, 0.15) is 78.1 Å². The maximum atomic E-state index is 11.1. The summed E-state index contributed by atoms with van der Waals surface area (Å²) in [6.45, 7) is 3.95. The third-order valence-corrected chi connectivity index (χ3v) is 4.79. The summed E-state index contributed by atoms with van der Waals surface area (Å²) in [5.74, 6) is 0. The molecular weight excluding hydrogens is 303 g/mol. The SMILES string of the molecule is CCCCCCCCCC(CC(O)CC)S(=O)(=O)[O-].[K+]. The summed E-state index contributed by atoms with van der Waals surface area (Å²) in [7, 11) is -4.28. The Kier molecular flexibility index (Phi) is 16.8. The first-order valence-electron chi connectivity index (χ1n) is 7.54. The second-order valence-corrected chi connectivity index (χ2v) is 6.97. The molecule has 0 aromatic heterocycles. The first kappa shape index (κ1) is 23.8. The third kappa shape index (κ3) is 13.2. The summed E-state index contributed by atoms with van der Waals surface area (Å²) in [6.07, 6.45) is 7.98. The largest absolute Gasteiger partial charge is 1.00 e. The topological polar surface area (TPSA) is 77.4 Å². The maximum absolute atomic E-state index is 11.1. The molecule has 0 fully saturated rings. The second kappa shape index (κ2) is 14.1. The van der Waals surface area contributed by atoms with Crippen molar-refractivity contribution < 1.29 is 69.5 Å². The Hall–Kier alpha value is 1.51. The van der Waals surface area contributed by atoms with E-state index in [-0.39, 0.29) is 57.8 Å². The van der Waals surface area contributed by atoms with Crippen LogP contribution in [0.2, 0.25) is 0 Å². The number of aliphatic hydroxyl groups is 1.